The molecule has 1 aliphatic carbocycles. The van der Waals surface area contributed by atoms with E-state index >= 15 is 0 Å². The zero-order valence-electron chi connectivity index (χ0n) is 19.0. The van der Waals surface area contributed by atoms with E-state index in [0.29, 0.717) is 0 Å². The van der Waals surface area contributed by atoms with E-state index in [1.165, 1.54) is 0 Å². The third-order valence-electron chi connectivity index (χ3n) is 5.74. The molecular weight excluding hydrogens is 446 g/mol. The fourth-order valence-electron chi connectivity index (χ4n) is 4.10. The first kappa shape index (κ1) is 25.1. The molecule has 7 nitrogen and oxygen atoms in total. The molecule has 2 aromatic rings. The lowest BCUT2D eigenvalue weighted by atomic mass is 9.97. The summed E-state index contributed by atoms with van der Waals surface area (Å²) in [5, 5.41) is 13.1. The van der Waals surface area contributed by atoms with Crippen molar-refractivity contribution in [3.8, 4) is 11.1 Å². The molecule has 2 amide bonds. The summed E-state index contributed by atoms with van der Waals surface area (Å²) in [5.74, 6) is -7.93. The normalized spacial score (nSPS) is 13.7. The third-order valence-corrected chi connectivity index (χ3v) is 5.74. The number of nitrogens with one attached hydrogen (secondary N) is 2. The van der Waals surface area contributed by atoms with Crippen molar-refractivity contribution >= 4 is 18.0 Å². The van der Waals surface area contributed by atoms with Crippen molar-refractivity contribution in [1.82, 2.24) is 10.6 Å². The van der Waals surface area contributed by atoms with Crippen molar-refractivity contribution in [2.24, 2.45) is 11.8 Å². The van der Waals surface area contributed by atoms with Gasteiger partial charge in [-0.15, -0.1) is 0 Å². The fourth-order valence-corrected chi connectivity index (χ4v) is 4.10. The number of rotatable bonds is 10. The minimum absolute atomic E-state index is 0.0220. The van der Waals surface area contributed by atoms with Crippen LogP contribution in [0.25, 0.3) is 11.1 Å². The monoisotopic (exact) mass is 474 g/mol. The Hall–Kier alpha value is -3.49. The molecule has 2 aromatic carbocycles. The number of fused-ring (bicyclic) bond motifs is 3. The molecule has 1 unspecified atom stereocenters. The van der Waals surface area contributed by atoms with Gasteiger partial charge in [-0.25, -0.2) is 4.79 Å². The molecule has 9 heteroatoms. The number of hydrogen-bond acceptors (Lipinski definition) is 4. The summed E-state index contributed by atoms with van der Waals surface area (Å²) in [6.45, 7) is 1.85. The number of carbonyl (C=O) groups excluding carboxylic acids is 2. The number of carboxylic acid groups (broad SMARTS) is 1. The largest absolute Gasteiger partial charge is 0.481 e. The van der Waals surface area contributed by atoms with E-state index in [1.54, 1.807) is 13.8 Å². The van der Waals surface area contributed by atoms with Gasteiger partial charge in [-0.3, -0.25) is 9.59 Å². The molecule has 0 saturated carbocycles. The van der Waals surface area contributed by atoms with Crippen molar-refractivity contribution in [3.05, 3.63) is 59.7 Å². The maximum Gasteiger partial charge on any atom is 0.407 e. The molecule has 182 valence electrons. The lowest BCUT2D eigenvalue weighted by molar-refractivity contribution is -0.146. The molecule has 1 aliphatic rings. The molecule has 3 N–H and O–H groups in total. The molecule has 0 aliphatic heterocycles. The van der Waals surface area contributed by atoms with Crippen molar-refractivity contribution in [2.45, 2.75) is 32.1 Å². The van der Waals surface area contributed by atoms with Gasteiger partial charge in [0.25, 0.3) is 5.91 Å². The molecule has 0 radical (unpaired) electrons. The first-order valence-corrected chi connectivity index (χ1v) is 11.1. The number of ether oxygens (including phenoxy) is 1. The van der Waals surface area contributed by atoms with Gasteiger partial charge in [0.15, 0.2) is 0 Å². The van der Waals surface area contributed by atoms with Crippen LogP contribution in [0.1, 0.15) is 37.3 Å². The summed E-state index contributed by atoms with van der Waals surface area (Å²) in [5.41, 5.74) is 4.03. The maximum atomic E-state index is 14.2. The standard InChI is InChI=1S/C25H28F2N2O5/c1-15(2)11-16(22(30)31)12-28-23(32)25(26,27)14-29-24(33)34-13-21-19-9-5-3-7-17(19)18-8-4-6-10-20(18)21/h3-10,15-16,21H,11-14H2,1-2H3,(H,28,32)(H,29,33)(H,30,31). The molecular formula is C25H28F2N2O5. The van der Waals surface area contributed by atoms with E-state index in [1.807, 2.05) is 59.2 Å². The third kappa shape index (κ3) is 5.89. The second-order valence-electron chi connectivity index (χ2n) is 8.76. The first-order chi connectivity index (χ1) is 16.1. The molecule has 1 atom stereocenters. The lowest BCUT2D eigenvalue weighted by Crippen LogP contribution is -2.49. The predicted molar refractivity (Wildman–Crippen MR) is 122 cm³/mol. The van der Waals surface area contributed by atoms with Gasteiger partial charge in [0, 0.05) is 12.5 Å². The highest BCUT2D eigenvalue weighted by molar-refractivity contribution is 5.85. The highest BCUT2D eigenvalue weighted by atomic mass is 19.3. The molecule has 34 heavy (non-hydrogen) atoms. The predicted octanol–water partition coefficient (Wildman–Crippen LogP) is 4.02. The van der Waals surface area contributed by atoms with Crippen LogP contribution in [-0.2, 0) is 14.3 Å². The number of amides is 2. The minimum Gasteiger partial charge on any atom is -0.481 e. The molecule has 0 fully saturated rings. The van der Waals surface area contributed by atoms with Gasteiger partial charge in [-0.2, -0.15) is 8.78 Å². The number of halogens is 2. The van der Waals surface area contributed by atoms with E-state index in [-0.39, 0.29) is 24.9 Å². The van der Waals surface area contributed by atoms with Gasteiger partial charge in [-0.05, 0) is 34.6 Å². The lowest BCUT2D eigenvalue weighted by Gasteiger charge is -2.20. The Morgan fingerprint density at radius 2 is 1.56 bits per heavy atom. The molecule has 0 bridgehead atoms. The summed E-state index contributed by atoms with van der Waals surface area (Å²) in [7, 11) is 0. The van der Waals surface area contributed by atoms with Crippen molar-refractivity contribution < 1.29 is 33.0 Å². The molecule has 0 spiro atoms. The molecule has 0 aromatic heterocycles. The van der Waals surface area contributed by atoms with Crippen LogP contribution in [0.15, 0.2) is 48.5 Å². The summed E-state index contributed by atoms with van der Waals surface area (Å²) in [6, 6.07) is 15.4. The Morgan fingerprint density at radius 3 is 2.09 bits per heavy atom. The van der Waals surface area contributed by atoms with Crippen LogP contribution < -0.4 is 10.6 Å². The summed E-state index contributed by atoms with van der Waals surface area (Å²) in [4.78, 5) is 35.2. The average molecular weight is 475 g/mol. The number of alkyl halides is 2. The van der Waals surface area contributed by atoms with Crippen molar-refractivity contribution in [1.29, 1.82) is 0 Å². The van der Waals surface area contributed by atoms with Crippen molar-refractivity contribution in [3.63, 3.8) is 0 Å². The fraction of sp³-hybridized carbons (Fsp3) is 0.400. The second kappa shape index (κ2) is 10.6. The van der Waals surface area contributed by atoms with Gasteiger partial charge in [0.05, 0.1) is 12.5 Å². The van der Waals surface area contributed by atoms with Gasteiger partial charge in [-0.1, -0.05) is 62.4 Å². The smallest absolute Gasteiger partial charge is 0.407 e. The van der Waals surface area contributed by atoms with E-state index in [4.69, 9.17) is 4.74 Å². The van der Waals surface area contributed by atoms with Crippen molar-refractivity contribution in [2.75, 3.05) is 19.7 Å². The molecule has 0 heterocycles. The van der Waals surface area contributed by atoms with Crippen LogP contribution in [0.3, 0.4) is 0 Å². The van der Waals surface area contributed by atoms with Crippen LogP contribution in [0.2, 0.25) is 0 Å². The van der Waals surface area contributed by atoms with Gasteiger partial charge in [0.1, 0.15) is 6.61 Å². The average Bonchev–Trinajstić information content (AvgIpc) is 3.12. The highest BCUT2D eigenvalue weighted by Crippen LogP contribution is 2.44. The Labute approximate surface area is 196 Å². The van der Waals surface area contributed by atoms with Gasteiger partial charge in [0.2, 0.25) is 0 Å². The number of hydrogen-bond donors (Lipinski definition) is 3. The quantitative estimate of drug-likeness (QED) is 0.482. The van der Waals surface area contributed by atoms with Crippen LogP contribution in [0.4, 0.5) is 13.6 Å². The molecule has 0 saturated heterocycles. The highest BCUT2D eigenvalue weighted by Gasteiger charge is 2.40. The first-order valence-electron chi connectivity index (χ1n) is 11.1. The second-order valence-corrected chi connectivity index (χ2v) is 8.76. The van der Waals surface area contributed by atoms with Crippen LogP contribution in [-0.4, -0.2) is 48.7 Å². The van der Waals surface area contributed by atoms with Crippen LogP contribution >= 0.6 is 0 Å². The number of benzene rings is 2. The zero-order valence-corrected chi connectivity index (χ0v) is 19.0. The summed E-state index contributed by atoms with van der Waals surface area (Å²) < 4.78 is 33.6. The zero-order chi connectivity index (χ0) is 24.9. The number of carboxylic acids is 1. The number of alkyl carbamates (subject to hydrolysis) is 1. The maximum absolute atomic E-state index is 14.2. The Morgan fingerprint density at radius 1 is 1.00 bits per heavy atom. The Balaban J connectivity index is 1.52. The van der Waals surface area contributed by atoms with E-state index in [2.05, 4.69) is 0 Å². The topological polar surface area (TPSA) is 105 Å². The van der Waals surface area contributed by atoms with Crippen LogP contribution in [0.5, 0.6) is 0 Å². The Kier molecular flexibility index (Phi) is 7.86. The SMILES string of the molecule is CC(C)CC(CNC(=O)C(F)(F)CNC(=O)OCC1c2ccccc2-c2ccccc21)C(=O)O. The van der Waals surface area contributed by atoms with E-state index < -0.39 is 42.9 Å². The van der Waals surface area contributed by atoms with E-state index in [0.717, 1.165) is 22.3 Å². The van der Waals surface area contributed by atoms with Gasteiger partial charge >= 0.3 is 18.0 Å². The van der Waals surface area contributed by atoms with Gasteiger partial charge < -0.3 is 20.5 Å². The summed E-state index contributed by atoms with van der Waals surface area (Å²) >= 11 is 0. The number of carbonyl (C=O) groups is 3. The number of aliphatic carboxylic acids is 1. The van der Waals surface area contributed by atoms with E-state index in [9.17, 15) is 28.3 Å². The Bertz CT molecular complexity index is 1010. The minimum atomic E-state index is -3.92. The molecule has 3 rings (SSSR count). The summed E-state index contributed by atoms with van der Waals surface area (Å²) in [6.07, 6.45) is -0.836. The van der Waals surface area contributed by atoms with Crippen LogP contribution in [0, 0.1) is 11.8 Å².